The van der Waals surface area contributed by atoms with Gasteiger partial charge in [0.1, 0.15) is 0 Å². The van der Waals surface area contributed by atoms with Gasteiger partial charge in [-0.25, -0.2) is 0 Å². The molecule has 7 aromatic carbocycles. The summed E-state index contributed by atoms with van der Waals surface area (Å²) in [5.41, 5.74) is 18.0. The zero-order chi connectivity index (χ0) is 34.2. The van der Waals surface area contributed by atoms with Gasteiger partial charge >= 0.3 is 0 Å². The Balaban J connectivity index is 1.06. The van der Waals surface area contributed by atoms with Crippen LogP contribution in [0.2, 0.25) is 0 Å². The van der Waals surface area contributed by atoms with Gasteiger partial charge < -0.3 is 4.55 Å². The van der Waals surface area contributed by atoms with Crippen LogP contribution in [0.25, 0.3) is 33.4 Å². The van der Waals surface area contributed by atoms with Crippen molar-refractivity contribution in [1.82, 2.24) is 0 Å². The highest BCUT2D eigenvalue weighted by atomic mass is 32.2. The van der Waals surface area contributed by atoms with Crippen molar-refractivity contribution in [2.45, 2.75) is 52.2 Å². The Hall–Kier alpha value is -5.15. The molecule has 5 aliphatic rings. The zero-order valence-electron chi connectivity index (χ0n) is 28.8. The Morgan fingerprint density at radius 1 is 0.423 bits per heavy atom. The van der Waals surface area contributed by atoms with Crippen LogP contribution in [0.5, 0.6) is 0 Å². The molecular weight excluding hydrogens is 649 g/mol. The van der Waals surface area contributed by atoms with Crippen LogP contribution in [0.4, 0.5) is 0 Å². The molecule has 0 radical (unpaired) electrons. The monoisotopic (exact) mass is 684 g/mol. The first-order valence-corrected chi connectivity index (χ1v) is 20.1. The van der Waals surface area contributed by atoms with Gasteiger partial charge in [0, 0.05) is 11.2 Å². The minimum absolute atomic E-state index is 0.214. The predicted octanol–water partition coefficient (Wildman–Crippen LogP) is 11.8. The quantitative estimate of drug-likeness (QED) is 0.166. The largest absolute Gasteiger partial charge is 0.606 e. The van der Waals surface area contributed by atoms with Crippen molar-refractivity contribution in [3.05, 3.63) is 202 Å². The Morgan fingerprint density at radius 2 is 0.846 bits per heavy atom. The van der Waals surface area contributed by atoms with Crippen molar-refractivity contribution in [3.8, 4) is 33.4 Å². The van der Waals surface area contributed by atoms with E-state index < -0.39 is 16.6 Å². The van der Waals surface area contributed by atoms with Gasteiger partial charge in [0.15, 0.2) is 9.79 Å². The van der Waals surface area contributed by atoms with Gasteiger partial charge in [-0.1, -0.05) is 140 Å². The van der Waals surface area contributed by atoms with Crippen LogP contribution in [0.1, 0.15) is 76.1 Å². The Kier molecular flexibility index (Phi) is 5.93. The Morgan fingerprint density at radius 3 is 1.40 bits per heavy atom. The number of benzene rings is 7. The molecule has 0 N–H and O–H groups in total. The highest BCUT2D eigenvalue weighted by molar-refractivity contribution is 7.91. The topological polar surface area (TPSA) is 23.1 Å². The number of hydrogen-bond donors (Lipinski definition) is 0. The molecule has 12 rings (SSSR count). The summed E-state index contributed by atoms with van der Waals surface area (Å²) >= 11 is -1.37. The lowest BCUT2D eigenvalue weighted by atomic mass is 9.63. The summed E-state index contributed by atoms with van der Waals surface area (Å²) in [4.78, 5) is 1.76. The van der Waals surface area contributed by atoms with Crippen LogP contribution in [0.3, 0.4) is 0 Å². The van der Waals surface area contributed by atoms with E-state index in [-0.39, 0.29) is 5.41 Å². The molecule has 0 amide bonds. The Bertz CT molecular complexity index is 2540. The van der Waals surface area contributed by atoms with Gasteiger partial charge in [-0.3, -0.25) is 0 Å². The molecular formula is C50H36OS. The van der Waals surface area contributed by atoms with Crippen LogP contribution in [-0.2, 0) is 22.0 Å². The van der Waals surface area contributed by atoms with Crippen molar-refractivity contribution in [2.24, 2.45) is 5.92 Å². The van der Waals surface area contributed by atoms with Crippen LogP contribution in [0.15, 0.2) is 168 Å². The van der Waals surface area contributed by atoms with E-state index in [0.717, 1.165) is 9.79 Å². The number of hydrogen-bond acceptors (Lipinski definition) is 1. The molecule has 1 saturated carbocycles. The van der Waals surface area contributed by atoms with Gasteiger partial charge in [-0.05, 0) is 133 Å². The lowest BCUT2D eigenvalue weighted by Gasteiger charge is -2.39. The Labute approximate surface area is 308 Å². The molecule has 3 atom stereocenters. The van der Waals surface area contributed by atoms with E-state index in [4.69, 9.17) is 0 Å². The molecule has 5 aliphatic carbocycles. The molecule has 2 spiro atoms. The normalized spacial score (nSPS) is 20.3. The summed E-state index contributed by atoms with van der Waals surface area (Å²) in [6.45, 7) is 0. The van der Waals surface area contributed by atoms with E-state index in [0.29, 0.717) is 11.8 Å². The minimum atomic E-state index is -1.37. The van der Waals surface area contributed by atoms with Gasteiger partial charge in [0.25, 0.3) is 0 Å². The highest BCUT2D eigenvalue weighted by Gasteiger charge is 2.58. The third kappa shape index (κ3) is 3.42. The van der Waals surface area contributed by atoms with Crippen molar-refractivity contribution < 1.29 is 4.55 Å². The van der Waals surface area contributed by atoms with E-state index >= 15 is 4.55 Å². The molecule has 0 aliphatic heterocycles. The molecule has 0 bridgehead atoms. The van der Waals surface area contributed by atoms with Crippen molar-refractivity contribution in [2.75, 3.05) is 0 Å². The molecule has 52 heavy (non-hydrogen) atoms. The summed E-state index contributed by atoms with van der Waals surface area (Å²) in [6, 6.07) is 58.5. The maximum absolute atomic E-state index is 15.1. The van der Waals surface area contributed by atoms with Gasteiger partial charge in [0.2, 0.25) is 0 Å². The average Bonchev–Trinajstić information content (AvgIpc) is 3.89. The summed E-state index contributed by atoms with van der Waals surface area (Å²) in [7, 11) is 0. The summed E-state index contributed by atoms with van der Waals surface area (Å²) in [5.74, 6) is 1.02. The minimum Gasteiger partial charge on any atom is -0.606 e. The fourth-order valence-electron chi connectivity index (χ4n) is 11.8. The number of rotatable bonds is 2. The SMILES string of the molecule is [O-][S+](c1ccc2c(c1)C1(c3ccccc3-c3ccccc31)c1ccccc1-2)c1ccc2c(c1)C1(c3ccccc3-c3ccccc31)C1CCCC[C@H]21. The molecule has 0 saturated heterocycles. The standard InChI is InChI=1S/C50H36OS/c51-52(31-25-27-39-37-17-5-11-23-45(37)49(47(39)29-31)41-19-7-1-13-33(41)34-14-2-8-20-42(34)49)32-26-28-40-38-18-6-12-24-46(38)50(48(40)30-32)43-21-9-3-15-35(43)36-16-4-10-22-44(36)50/h1-5,7-11,13-17,19-23,25-30,38,46H,6,12,18,24H2/t38-,46?,52?/m1/s1. The first-order chi connectivity index (χ1) is 25.7. The first-order valence-electron chi connectivity index (χ1n) is 18.9. The fourth-order valence-corrected chi connectivity index (χ4v) is 12.9. The maximum atomic E-state index is 15.1. The molecule has 2 unspecified atom stereocenters. The predicted molar refractivity (Wildman–Crippen MR) is 210 cm³/mol. The van der Waals surface area contributed by atoms with E-state index in [2.05, 4.69) is 158 Å². The lowest BCUT2D eigenvalue weighted by Crippen LogP contribution is -2.35. The molecule has 1 fully saturated rings. The summed E-state index contributed by atoms with van der Waals surface area (Å²) in [6.07, 6.45) is 4.99. The fraction of sp³-hybridized carbons (Fsp3) is 0.160. The average molecular weight is 685 g/mol. The second-order valence-electron chi connectivity index (χ2n) is 15.5. The van der Waals surface area contributed by atoms with E-state index in [1.165, 1.54) is 104 Å². The highest BCUT2D eigenvalue weighted by Crippen LogP contribution is 2.67. The smallest absolute Gasteiger partial charge is 0.158 e. The van der Waals surface area contributed by atoms with Crippen molar-refractivity contribution in [3.63, 3.8) is 0 Å². The second-order valence-corrected chi connectivity index (χ2v) is 17.0. The first kappa shape index (κ1) is 29.4. The van der Waals surface area contributed by atoms with E-state index in [1.54, 1.807) is 0 Å². The summed E-state index contributed by atoms with van der Waals surface area (Å²) in [5, 5.41) is 0. The molecule has 0 heterocycles. The molecule has 7 aromatic rings. The number of fused-ring (bicyclic) bond motifs is 20. The second kappa shape index (κ2) is 10.5. The molecule has 2 heteroatoms. The van der Waals surface area contributed by atoms with Gasteiger partial charge in [-0.15, -0.1) is 0 Å². The third-order valence-corrected chi connectivity index (χ3v) is 14.9. The van der Waals surface area contributed by atoms with Gasteiger partial charge in [-0.2, -0.15) is 0 Å². The third-order valence-electron chi connectivity index (χ3n) is 13.6. The van der Waals surface area contributed by atoms with Crippen LogP contribution in [-0.4, -0.2) is 4.55 Å². The molecule has 248 valence electrons. The van der Waals surface area contributed by atoms with Gasteiger partial charge in [0.05, 0.1) is 10.8 Å². The molecule has 1 nitrogen and oxygen atoms in total. The van der Waals surface area contributed by atoms with Crippen LogP contribution in [0, 0.1) is 5.92 Å². The zero-order valence-corrected chi connectivity index (χ0v) is 29.6. The maximum Gasteiger partial charge on any atom is 0.158 e. The van der Waals surface area contributed by atoms with Crippen LogP contribution < -0.4 is 0 Å². The lowest BCUT2D eigenvalue weighted by molar-refractivity contribution is 0.265. The summed E-state index contributed by atoms with van der Waals surface area (Å²) < 4.78 is 15.1. The van der Waals surface area contributed by atoms with E-state index in [1.807, 2.05) is 0 Å². The van der Waals surface area contributed by atoms with Crippen molar-refractivity contribution >= 4 is 11.2 Å². The van der Waals surface area contributed by atoms with E-state index in [9.17, 15) is 0 Å². The van der Waals surface area contributed by atoms with Crippen LogP contribution >= 0.6 is 0 Å². The van der Waals surface area contributed by atoms with Crippen molar-refractivity contribution in [1.29, 1.82) is 0 Å². The molecule has 0 aromatic heterocycles.